The Balaban J connectivity index is 0.000000242. The maximum Gasteiger partial charge on any atom is 0.326 e. The zero-order valence-electron chi connectivity index (χ0n) is 80.5. The maximum absolute atomic E-state index is 12.9. The SMILES string of the molecule is C1=C(c2ccco2)SC2OC12.CSCC(NC(=O)CCC(N)C(=O)O)C(=O)CC(CCCN)C(=O)O.NC(CCC(=O)NC(CCS)C(=O)CC(CCCCn1cccc1-c1ccco1)C(=O)O)C(=O)O.NC(CCC(=O)NC1CCSc2cc(-c3cccs3)n(c2)CCCCC(C(=O)O)NC1=O)C(=O)O.O=C/C=C\C(=O)c1cccs1.O=C/C=C\C(=S)c1ccco1.c1coc(-c2cccs2)c1.c1coc(-c2cccs2)c1. The smallest absolute Gasteiger partial charge is 0.326 e. The molecule has 794 valence electrons. The number of aromatic nitrogens is 2. The molecule has 0 spiro atoms. The Morgan fingerprint density at radius 3 is 1.57 bits per heavy atom. The first-order chi connectivity index (χ1) is 71.2. The number of carboxylic acid groups (broad SMARTS) is 6. The normalized spacial score (nSPS) is 15.8. The third-order valence-electron chi connectivity index (χ3n) is 21.6. The number of unbranched alkanes of at least 4 members (excludes halogenated alkanes) is 1. The van der Waals surface area contributed by atoms with Gasteiger partial charge in [-0.3, -0.25) is 67.1 Å². The number of epoxide rings is 1. The number of aliphatic carboxylic acids is 6. The first-order valence-corrected chi connectivity index (χ1v) is 54.4. The molecule has 37 nitrogen and oxygen atoms in total. The topological polar surface area (TPSA) is 618 Å². The number of thiocarbonyl (C=S) groups is 1. The summed E-state index contributed by atoms with van der Waals surface area (Å²) < 4.78 is 35.5. The van der Waals surface area contributed by atoms with E-state index in [1.807, 2.05) is 123 Å². The summed E-state index contributed by atoms with van der Waals surface area (Å²) in [5.41, 5.74) is 24.0. The van der Waals surface area contributed by atoms with Gasteiger partial charge >= 0.3 is 35.8 Å². The summed E-state index contributed by atoms with van der Waals surface area (Å²) in [4.78, 5) is 179. The van der Waals surface area contributed by atoms with Crippen molar-refractivity contribution >= 4 is 205 Å². The largest absolute Gasteiger partial charge is 0.481 e. The molecule has 18 N–H and O–H groups in total. The standard InChI is InChI=1S/C24H33N3O7S.C23H30N4O6S2.C15H27N3O6S.3C8H6O2S.2C8H6OS/c25-17(24(32)33)8-9-22(29)26-18(10-14-35)20(28)15-16(23(30)31)5-1-2-11-27-12-3-6-19(27)21-7-4-13-34-21;24-15(22(30)31)6-7-20(28)25-16-8-11-34-14-12-18(19-5-3-10-35-19)27(13-14)9-2-1-4-17(23(32)33)26-21(16)29;1-25-8-11(18-13(20)5-4-10(17)15(23)24)12(19)7-9(14(21)22)3-2-6-16;1-2-5(9-3-1)7-4-6-8(10-6)11-7;9-5-1-4-8(11)7-3-2-6-10-7;9-5-1-3-7(10)8-4-2-6-11-8;2*1-3-7(9-5-1)8-4-2-6-10-8/h3-4,6-7,12-13,16-18,35H,1-2,5,8-11,14-15,25H2,(H,26,29)(H,30,31)(H,32,33);3,5,10,12-13,15-17H,1-2,4,6-9,11,24H2,(H,25,28)(H,26,29)(H,30,31)(H,32,33);9-11H,2-8,16-17H2,1H3,(H,18,20)(H,21,22)(H,23,24);1-4,6,8H;2*1-6H;2*1-6H/b;;;;4-1-;3-1-;;. The molecule has 11 aromatic heterocycles. The van der Waals surface area contributed by atoms with Gasteiger partial charge in [0.1, 0.15) is 83.1 Å². The Morgan fingerprint density at radius 2 is 1.09 bits per heavy atom. The predicted octanol–water partition coefficient (Wildman–Crippen LogP) is 15.7. The van der Waals surface area contributed by atoms with Gasteiger partial charge in [0.05, 0.1) is 95.9 Å². The summed E-state index contributed by atoms with van der Waals surface area (Å²) in [5, 5.41) is 73.0. The summed E-state index contributed by atoms with van der Waals surface area (Å²) in [6.45, 7) is 1.76. The molecule has 11 atom stereocenters. The van der Waals surface area contributed by atoms with Gasteiger partial charge in [0, 0.05) is 74.0 Å². The fourth-order valence-corrected chi connectivity index (χ4v) is 19.7. The lowest BCUT2D eigenvalue weighted by molar-refractivity contribution is -0.144. The monoisotopic (exact) mass is 2200 g/mol. The first kappa shape index (κ1) is 122. The summed E-state index contributed by atoms with van der Waals surface area (Å²) >= 11 is 20.0. The average molecular weight is 2210 g/mol. The van der Waals surface area contributed by atoms with E-state index < -0.39 is 114 Å². The number of nitrogens with one attached hydrogen (secondary N) is 4. The van der Waals surface area contributed by atoms with Crippen molar-refractivity contribution in [1.82, 2.24) is 30.4 Å². The van der Waals surface area contributed by atoms with E-state index in [0.29, 0.717) is 102 Å². The van der Waals surface area contributed by atoms with Crippen LogP contribution >= 0.6 is 105 Å². The number of hydrogen-bond donors (Lipinski definition) is 15. The summed E-state index contributed by atoms with van der Waals surface area (Å²) in [7, 11) is 0. The molecule has 1 saturated heterocycles. The molecule has 14 heterocycles. The number of thiol groups is 1. The molecule has 46 heteroatoms. The van der Waals surface area contributed by atoms with E-state index in [1.165, 1.54) is 68.3 Å². The van der Waals surface area contributed by atoms with E-state index in [1.54, 1.807) is 113 Å². The van der Waals surface area contributed by atoms with Crippen molar-refractivity contribution in [2.45, 2.75) is 187 Å². The maximum atomic E-state index is 12.9. The van der Waals surface area contributed by atoms with Crippen LogP contribution in [0, 0.1) is 11.8 Å². The lowest BCUT2D eigenvalue weighted by atomic mass is 9.92. The van der Waals surface area contributed by atoms with Crippen molar-refractivity contribution in [3.05, 3.63) is 239 Å². The molecular weight excluding hydrogens is 2090 g/mol. The molecule has 14 rings (SSSR count). The van der Waals surface area contributed by atoms with Gasteiger partial charge in [-0.25, -0.2) is 4.79 Å². The number of ether oxygens (including phenoxy) is 1. The third-order valence-corrected chi connectivity index (χ3v) is 28.6. The number of carboxylic acids is 6. The second kappa shape index (κ2) is 68.0. The predicted molar refractivity (Wildman–Crippen MR) is 576 cm³/mol. The molecular formula is C102H120N10O27S9. The van der Waals surface area contributed by atoms with E-state index in [0.717, 1.165) is 63.6 Å². The molecule has 0 radical (unpaired) electrons. The summed E-state index contributed by atoms with van der Waals surface area (Å²) in [6, 6.07) is 33.3. The zero-order chi connectivity index (χ0) is 108. The molecule has 11 aromatic rings. The highest BCUT2D eigenvalue weighted by Gasteiger charge is 2.45. The minimum atomic E-state index is -1.21. The number of nitrogens with zero attached hydrogens (tertiary/aromatic N) is 2. The second-order valence-corrected chi connectivity index (χ2v) is 40.5. The zero-order valence-corrected chi connectivity index (χ0v) is 87.9. The van der Waals surface area contributed by atoms with Gasteiger partial charge in [-0.1, -0.05) is 54.7 Å². The van der Waals surface area contributed by atoms with Crippen LogP contribution in [0.25, 0.3) is 48.2 Å². The highest BCUT2D eigenvalue weighted by Crippen LogP contribution is 2.50. The Kier molecular flexibility index (Phi) is 56.2. The van der Waals surface area contributed by atoms with E-state index in [9.17, 15) is 87.2 Å². The second-order valence-electron chi connectivity index (χ2n) is 32.6. The van der Waals surface area contributed by atoms with Gasteiger partial charge in [0.2, 0.25) is 23.6 Å². The van der Waals surface area contributed by atoms with Gasteiger partial charge in [0.25, 0.3) is 0 Å². The molecule has 11 unspecified atom stereocenters. The number of aldehydes is 2. The van der Waals surface area contributed by atoms with E-state index >= 15 is 0 Å². The summed E-state index contributed by atoms with van der Waals surface area (Å²) in [5.74, 6) is -6.13. The number of carbonyl (C=O) groups is 15. The fourth-order valence-electron chi connectivity index (χ4n) is 13.8. The van der Waals surface area contributed by atoms with Crippen molar-refractivity contribution in [2.75, 3.05) is 30.1 Å². The van der Waals surface area contributed by atoms with Crippen LogP contribution in [-0.2, 0) is 84.9 Å². The van der Waals surface area contributed by atoms with Crippen LogP contribution in [0.4, 0.5) is 0 Å². The number of furan rings is 5. The van der Waals surface area contributed by atoms with E-state index in [2.05, 4.69) is 62.9 Å². The molecule has 3 aliphatic rings. The fraction of sp³-hybridized carbons (Fsp3) is 0.353. The molecule has 4 amide bonds. The number of ketones is 3. The molecule has 0 aliphatic carbocycles. The van der Waals surface area contributed by atoms with Crippen LogP contribution in [0.15, 0.2) is 250 Å². The number of nitrogens with two attached hydrogens (primary N) is 4. The van der Waals surface area contributed by atoms with Gasteiger partial charge in [-0.15, -0.1) is 57.1 Å². The number of thioether (sulfide) groups is 3. The number of carbonyl (C=O) groups excluding carboxylic acids is 9. The van der Waals surface area contributed by atoms with Crippen molar-refractivity contribution in [3.8, 4) is 43.3 Å². The van der Waals surface area contributed by atoms with E-state index in [-0.39, 0.29) is 88.0 Å². The third kappa shape index (κ3) is 45.2. The van der Waals surface area contributed by atoms with Gasteiger partial charge in [0.15, 0.2) is 17.3 Å². The number of aryl methyl sites for hydroxylation is 2. The van der Waals surface area contributed by atoms with Crippen molar-refractivity contribution in [3.63, 3.8) is 0 Å². The van der Waals surface area contributed by atoms with Gasteiger partial charge in [-0.05, 0) is 251 Å². The van der Waals surface area contributed by atoms with Gasteiger partial charge in [-0.2, -0.15) is 24.4 Å². The van der Waals surface area contributed by atoms with Crippen LogP contribution in [0.3, 0.4) is 0 Å². The number of fused-ring (bicyclic) bond motifs is 3. The van der Waals surface area contributed by atoms with Crippen LogP contribution in [-0.4, -0.2) is 218 Å². The van der Waals surface area contributed by atoms with Crippen molar-refractivity contribution in [2.24, 2.45) is 34.8 Å². The highest BCUT2D eigenvalue weighted by molar-refractivity contribution is 8.09. The molecule has 3 aliphatic heterocycles. The Hall–Kier alpha value is -12.7. The van der Waals surface area contributed by atoms with Crippen LogP contribution in [0.2, 0.25) is 0 Å². The number of amides is 4. The molecule has 0 aromatic carbocycles. The average Bonchev–Trinajstić information content (AvgIpc) is 1.62. The number of thiophene rings is 4. The van der Waals surface area contributed by atoms with Crippen LogP contribution in [0.1, 0.15) is 137 Å². The van der Waals surface area contributed by atoms with Crippen LogP contribution < -0.4 is 44.2 Å². The van der Waals surface area contributed by atoms with Crippen molar-refractivity contribution < 1.29 is 129 Å². The minimum absolute atomic E-state index is 0.0460. The molecule has 0 saturated carbocycles. The Labute approximate surface area is 892 Å². The summed E-state index contributed by atoms with van der Waals surface area (Å²) in [6.07, 6.45) is 26.7. The number of hydrogen-bond acceptors (Lipinski definition) is 34. The Morgan fingerprint density at radius 1 is 0.568 bits per heavy atom. The first-order valence-electron chi connectivity index (χ1n) is 46.6. The molecule has 1 fully saturated rings. The highest BCUT2D eigenvalue weighted by atomic mass is 32.2. The number of rotatable bonds is 47. The number of Topliss-reactive ketones (excluding diaryl/α,β-unsaturated/α-hetero) is 2. The van der Waals surface area contributed by atoms with E-state index in [4.69, 9.17) is 77.3 Å². The quantitative estimate of drug-likeness (QED) is 0.00320. The van der Waals surface area contributed by atoms with Gasteiger partial charge < -0.3 is 111 Å². The Bertz CT molecular complexity index is 5760. The lowest BCUT2D eigenvalue weighted by Crippen LogP contribution is -2.52. The molecule has 148 heavy (non-hydrogen) atoms. The van der Waals surface area contributed by atoms with Crippen LogP contribution in [0.5, 0.6) is 0 Å². The molecule has 2 bridgehead atoms. The number of allylic oxidation sites excluding steroid dienone is 4. The minimum Gasteiger partial charge on any atom is -0.481 e. The lowest BCUT2D eigenvalue weighted by Gasteiger charge is -2.22. The van der Waals surface area contributed by atoms with Crippen molar-refractivity contribution in [1.29, 1.82) is 0 Å².